The smallest absolute Gasteiger partial charge is 0.246 e. The Balaban J connectivity index is 1.60. The quantitative estimate of drug-likeness (QED) is 0.428. The summed E-state index contributed by atoms with van der Waals surface area (Å²) < 4.78 is 1.60. The highest BCUT2D eigenvalue weighted by Gasteiger charge is 2.25. The summed E-state index contributed by atoms with van der Waals surface area (Å²) in [5.74, 6) is 0.225. The fraction of sp³-hybridized carbons (Fsp3) is 0.208. The van der Waals surface area contributed by atoms with Gasteiger partial charge in [-0.3, -0.25) is 24.5 Å². The zero-order chi connectivity index (χ0) is 24.1. The molecule has 1 aliphatic rings. The molecule has 1 saturated heterocycles. The molecule has 3 aromatic heterocycles. The van der Waals surface area contributed by atoms with E-state index < -0.39 is 0 Å². The number of likely N-dealkylation sites (tertiary alicyclic amines) is 1. The molecule has 1 unspecified atom stereocenters. The van der Waals surface area contributed by atoms with E-state index in [0.717, 1.165) is 12.8 Å². The molecule has 0 bridgehead atoms. The Morgan fingerprint density at radius 2 is 1.97 bits per heavy atom. The van der Waals surface area contributed by atoms with Crippen molar-refractivity contribution in [1.29, 1.82) is 10.7 Å². The van der Waals surface area contributed by atoms with Gasteiger partial charge in [0.05, 0.1) is 17.0 Å². The summed E-state index contributed by atoms with van der Waals surface area (Å²) in [6.45, 7) is 4.69. The maximum Gasteiger partial charge on any atom is 0.246 e. The highest BCUT2D eigenvalue weighted by atomic mass is 16.2. The molecule has 4 rings (SSSR count). The molecule has 1 amide bonds. The molecule has 10 heteroatoms. The molecule has 3 aromatic rings. The van der Waals surface area contributed by atoms with Gasteiger partial charge in [-0.15, -0.1) is 0 Å². The maximum absolute atomic E-state index is 12.0. The lowest BCUT2D eigenvalue weighted by atomic mass is 10.00. The highest BCUT2D eigenvalue weighted by molar-refractivity contribution is 6.14. The number of anilines is 1. The summed E-state index contributed by atoms with van der Waals surface area (Å²) in [6.07, 6.45) is 12.1. The Morgan fingerprint density at radius 1 is 1.24 bits per heavy atom. The molecule has 0 radical (unpaired) electrons. The number of aromatic nitrogens is 4. The van der Waals surface area contributed by atoms with Crippen LogP contribution < -0.4 is 10.7 Å². The van der Waals surface area contributed by atoms with Crippen LogP contribution in [0.1, 0.15) is 29.5 Å². The second-order valence-electron chi connectivity index (χ2n) is 7.78. The molecular weight excluding hydrogens is 432 g/mol. The lowest BCUT2D eigenvalue weighted by Gasteiger charge is -2.33. The standard InChI is InChI=1S/C24H22N8O2/c1-2-21(34)32-7-3-4-18(15-32)30-23-16(10-25)11-27-14-20(23)22(26)17-12-28-24(29-13-17)31-8-5-19(33)6-9-31/h2,5-6,8-9,11-14,18,26H,1,3-4,7,15H2,(H,27,30). The average Bonchev–Trinajstić information content (AvgIpc) is 2.88. The van der Waals surface area contributed by atoms with Crippen molar-refractivity contribution in [2.75, 3.05) is 18.4 Å². The zero-order valence-corrected chi connectivity index (χ0v) is 18.3. The topological polar surface area (TPSA) is 141 Å². The second-order valence-corrected chi connectivity index (χ2v) is 7.78. The molecule has 34 heavy (non-hydrogen) atoms. The molecule has 0 aliphatic carbocycles. The van der Waals surface area contributed by atoms with Crippen LogP contribution in [0.2, 0.25) is 0 Å². The summed E-state index contributed by atoms with van der Waals surface area (Å²) in [7, 11) is 0. The van der Waals surface area contributed by atoms with Gasteiger partial charge in [0.2, 0.25) is 11.9 Å². The number of nitrogens with one attached hydrogen (secondary N) is 2. The molecule has 1 fully saturated rings. The first-order valence-corrected chi connectivity index (χ1v) is 10.7. The van der Waals surface area contributed by atoms with E-state index in [1.165, 1.54) is 43.0 Å². The third-order valence-corrected chi connectivity index (χ3v) is 5.55. The number of amides is 1. The lowest BCUT2D eigenvalue weighted by molar-refractivity contribution is -0.127. The molecule has 4 heterocycles. The number of piperidine rings is 1. The van der Waals surface area contributed by atoms with Crippen molar-refractivity contribution in [3.63, 3.8) is 0 Å². The number of hydrogen-bond acceptors (Lipinski definition) is 8. The predicted molar refractivity (Wildman–Crippen MR) is 126 cm³/mol. The van der Waals surface area contributed by atoms with E-state index in [1.54, 1.807) is 21.9 Å². The Labute approximate surface area is 195 Å². The monoisotopic (exact) mass is 454 g/mol. The van der Waals surface area contributed by atoms with Gasteiger partial charge in [0.1, 0.15) is 6.07 Å². The van der Waals surface area contributed by atoms with Gasteiger partial charge in [0.15, 0.2) is 5.43 Å². The fourth-order valence-corrected chi connectivity index (χ4v) is 3.80. The Bertz CT molecular complexity index is 1320. The number of hydrogen-bond donors (Lipinski definition) is 2. The van der Waals surface area contributed by atoms with Crippen LogP contribution in [-0.2, 0) is 4.79 Å². The Morgan fingerprint density at radius 3 is 2.65 bits per heavy atom. The minimum Gasteiger partial charge on any atom is -0.379 e. The molecule has 0 spiro atoms. The summed E-state index contributed by atoms with van der Waals surface area (Å²) in [6, 6.07) is 4.86. The molecule has 2 N–H and O–H groups in total. The van der Waals surface area contributed by atoms with Gasteiger partial charge >= 0.3 is 0 Å². The normalized spacial score (nSPS) is 15.3. The predicted octanol–water partition coefficient (Wildman–Crippen LogP) is 1.90. The molecule has 1 aliphatic heterocycles. The zero-order valence-electron chi connectivity index (χ0n) is 18.3. The van der Waals surface area contributed by atoms with Crippen LogP contribution in [0.3, 0.4) is 0 Å². The van der Waals surface area contributed by atoms with Crippen molar-refractivity contribution in [1.82, 2.24) is 24.4 Å². The first-order chi connectivity index (χ1) is 16.5. The highest BCUT2D eigenvalue weighted by Crippen LogP contribution is 2.25. The minimum atomic E-state index is -0.130. The number of nitrogens with zero attached hydrogens (tertiary/aromatic N) is 6. The number of carbonyl (C=O) groups excluding carboxylic acids is 1. The Kier molecular flexibility index (Phi) is 6.54. The van der Waals surface area contributed by atoms with Crippen LogP contribution >= 0.6 is 0 Å². The van der Waals surface area contributed by atoms with Gasteiger partial charge in [-0.25, -0.2) is 9.97 Å². The third kappa shape index (κ3) is 4.73. The lowest BCUT2D eigenvalue weighted by Crippen LogP contribution is -2.44. The van der Waals surface area contributed by atoms with E-state index in [0.29, 0.717) is 41.4 Å². The van der Waals surface area contributed by atoms with Gasteiger partial charge in [0.25, 0.3) is 0 Å². The van der Waals surface area contributed by atoms with Crippen LogP contribution in [0.25, 0.3) is 5.95 Å². The maximum atomic E-state index is 12.0. The molecule has 170 valence electrons. The van der Waals surface area contributed by atoms with Gasteiger partial charge in [-0.05, 0) is 18.9 Å². The molecule has 0 aromatic carbocycles. The second kappa shape index (κ2) is 9.87. The first-order valence-electron chi connectivity index (χ1n) is 10.7. The third-order valence-electron chi connectivity index (χ3n) is 5.55. The average molecular weight is 454 g/mol. The fourth-order valence-electron chi connectivity index (χ4n) is 3.80. The summed E-state index contributed by atoms with van der Waals surface area (Å²) in [5.41, 5.74) is 1.66. The van der Waals surface area contributed by atoms with Crippen molar-refractivity contribution in [2.24, 2.45) is 0 Å². The number of rotatable bonds is 6. The summed E-state index contributed by atoms with van der Waals surface area (Å²) >= 11 is 0. The van der Waals surface area contributed by atoms with Crippen LogP contribution in [0.4, 0.5) is 5.69 Å². The van der Waals surface area contributed by atoms with E-state index in [4.69, 9.17) is 5.41 Å². The van der Waals surface area contributed by atoms with Gasteiger partial charge in [0, 0.05) is 79.6 Å². The summed E-state index contributed by atoms with van der Waals surface area (Å²) in [5, 5.41) is 21.8. The van der Waals surface area contributed by atoms with Crippen LogP contribution in [0.5, 0.6) is 0 Å². The van der Waals surface area contributed by atoms with E-state index >= 15 is 0 Å². The molecule has 1 atom stereocenters. The Hall–Kier alpha value is -4.65. The van der Waals surface area contributed by atoms with E-state index in [1.807, 2.05) is 0 Å². The van der Waals surface area contributed by atoms with Crippen molar-refractivity contribution in [3.8, 4) is 12.0 Å². The van der Waals surface area contributed by atoms with Crippen molar-refractivity contribution in [3.05, 3.63) is 88.9 Å². The molecule has 10 nitrogen and oxygen atoms in total. The van der Waals surface area contributed by atoms with Crippen LogP contribution in [0.15, 0.2) is 66.8 Å². The number of carbonyl (C=O) groups is 1. The van der Waals surface area contributed by atoms with Gasteiger partial charge in [-0.2, -0.15) is 5.26 Å². The minimum absolute atomic E-state index is 0.0855. The number of nitriles is 1. The van der Waals surface area contributed by atoms with Gasteiger partial charge in [-0.1, -0.05) is 6.58 Å². The van der Waals surface area contributed by atoms with Crippen molar-refractivity contribution < 1.29 is 4.79 Å². The SMILES string of the molecule is C=CC(=O)N1CCCC(Nc2c(C#N)cncc2C(=N)c2cnc(-n3ccc(=O)cc3)nc2)C1. The van der Waals surface area contributed by atoms with Crippen LogP contribution in [-0.4, -0.2) is 55.2 Å². The van der Waals surface area contributed by atoms with E-state index in [2.05, 4.69) is 32.9 Å². The van der Waals surface area contributed by atoms with Crippen molar-refractivity contribution in [2.45, 2.75) is 18.9 Å². The summed E-state index contributed by atoms with van der Waals surface area (Å²) in [4.78, 5) is 37.8. The van der Waals surface area contributed by atoms with Gasteiger partial charge < -0.3 is 10.2 Å². The van der Waals surface area contributed by atoms with E-state index in [9.17, 15) is 14.9 Å². The molecule has 0 saturated carbocycles. The largest absolute Gasteiger partial charge is 0.379 e. The number of pyridine rings is 2. The van der Waals surface area contributed by atoms with Crippen molar-refractivity contribution >= 4 is 17.3 Å². The van der Waals surface area contributed by atoms with E-state index in [-0.39, 0.29) is 23.1 Å². The van der Waals surface area contributed by atoms with Crippen LogP contribution in [0, 0.1) is 16.7 Å². The first kappa shape index (κ1) is 22.5. The molecular formula is C24H22N8O2.